The average molecular weight is 316 g/mol. The van der Waals surface area contributed by atoms with Gasteiger partial charge in [0, 0.05) is 5.69 Å². The number of aryl methyl sites for hydroxylation is 1. The Morgan fingerprint density at radius 2 is 1.90 bits per heavy atom. The van der Waals surface area contributed by atoms with Crippen LogP contribution in [-0.4, -0.2) is 18.1 Å². The van der Waals surface area contributed by atoms with E-state index in [0.717, 1.165) is 23.5 Å². The lowest BCUT2D eigenvalue weighted by Gasteiger charge is -2.07. The van der Waals surface area contributed by atoms with Crippen LogP contribution in [0.15, 0.2) is 24.3 Å². The molecule has 1 heterocycles. The number of nitrogens with one attached hydrogen (secondary N) is 1. The molecule has 1 N–H and O–H groups in total. The van der Waals surface area contributed by atoms with E-state index in [2.05, 4.69) is 15.0 Å². The second kappa shape index (κ2) is 5.72. The molecule has 2 rings (SSSR count). The van der Waals surface area contributed by atoms with Gasteiger partial charge in [0.2, 0.25) is 0 Å². The van der Waals surface area contributed by atoms with E-state index in [-0.39, 0.29) is 0 Å². The zero-order chi connectivity index (χ0) is 15.6. The number of alkyl halides is 3. The summed E-state index contributed by atoms with van der Waals surface area (Å²) in [6.07, 6.45) is -4.37. The van der Waals surface area contributed by atoms with Gasteiger partial charge in [0.15, 0.2) is 5.13 Å². The van der Waals surface area contributed by atoms with Gasteiger partial charge in [-0.05, 0) is 31.2 Å². The van der Waals surface area contributed by atoms with Crippen molar-refractivity contribution in [1.82, 2.24) is 4.98 Å². The fraction of sp³-hybridized carbons (Fsp3) is 0.231. The fourth-order valence-corrected chi connectivity index (χ4v) is 2.50. The average Bonchev–Trinajstić information content (AvgIpc) is 2.78. The van der Waals surface area contributed by atoms with Crippen molar-refractivity contribution in [3.05, 3.63) is 40.4 Å². The van der Waals surface area contributed by atoms with Crippen molar-refractivity contribution in [3.8, 4) is 0 Å². The quantitative estimate of drug-likeness (QED) is 0.870. The summed E-state index contributed by atoms with van der Waals surface area (Å²) in [4.78, 5) is 15.9. The van der Waals surface area contributed by atoms with Gasteiger partial charge in [-0.25, -0.2) is 9.78 Å². The smallest absolute Gasteiger partial charge is 0.416 e. The summed E-state index contributed by atoms with van der Waals surface area (Å²) in [7, 11) is 1.27. The van der Waals surface area contributed by atoms with Crippen LogP contribution in [0.5, 0.6) is 0 Å². The number of carbonyl (C=O) groups is 1. The van der Waals surface area contributed by atoms with Gasteiger partial charge < -0.3 is 10.1 Å². The van der Waals surface area contributed by atoms with Crippen molar-refractivity contribution in [3.63, 3.8) is 0 Å². The topological polar surface area (TPSA) is 51.2 Å². The SMILES string of the molecule is COC(=O)c1sc(Nc2ccc(C(F)(F)F)cc2)nc1C. The second-order valence-corrected chi connectivity index (χ2v) is 5.12. The summed E-state index contributed by atoms with van der Waals surface area (Å²) in [5.74, 6) is -0.495. The number of ether oxygens (including phenoxy) is 1. The summed E-state index contributed by atoms with van der Waals surface area (Å²) in [6, 6.07) is 4.56. The number of methoxy groups -OCH3 is 1. The summed E-state index contributed by atoms with van der Waals surface area (Å²) < 4.78 is 42.0. The predicted octanol–water partition coefficient (Wildman–Crippen LogP) is 4.00. The van der Waals surface area contributed by atoms with Crippen LogP contribution in [-0.2, 0) is 10.9 Å². The second-order valence-electron chi connectivity index (χ2n) is 4.13. The molecule has 0 saturated heterocycles. The Morgan fingerprint density at radius 1 is 1.29 bits per heavy atom. The Balaban J connectivity index is 2.17. The van der Waals surface area contributed by atoms with E-state index < -0.39 is 17.7 Å². The third-order valence-corrected chi connectivity index (χ3v) is 3.68. The number of nitrogens with zero attached hydrogens (tertiary/aromatic N) is 1. The first-order chi connectivity index (χ1) is 9.81. The molecule has 0 unspecified atom stereocenters. The minimum Gasteiger partial charge on any atom is -0.465 e. The Kier molecular flexibility index (Phi) is 4.17. The molecule has 4 nitrogen and oxygen atoms in total. The molecule has 1 aromatic heterocycles. The molecule has 0 aliphatic rings. The summed E-state index contributed by atoms with van der Waals surface area (Å²) in [5.41, 5.74) is 0.230. The summed E-state index contributed by atoms with van der Waals surface area (Å²) in [6.45, 7) is 1.65. The molecule has 1 aromatic carbocycles. The normalized spacial score (nSPS) is 11.3. The van der Waals surface area contributed by atoms with E-state index in [1.807, 2.05) is 0 Å². The van der Waals surface area contributed by atoms with Gasteiger partial charge in [0.25, 0.3) is 0 Å². The van der Waals surface area contributed by atoms with Crippen LogP contribution in [0.4, 0.5) is 24.0 Å². The highest BCUT2D eigenvalue weighted by atomic mass is 32.1. The lowest BCUT2D eigenvalue weighted by molar-refractivity contribution is -0.137. The molecule has 8 heteroatoms. The number of esters is 1. The Morgan fingerprint density at radius 3 is 2.43 bits per heavy atom. The highest BCUT2D eigenvalue weighted by Crippen LogP contribution is 2.31. The number of thiazole rings is 1. The number of hydrogen-bond acceptors (Lipinski definition) is 5. The molecule has 0 bridgehead atoms. The molecule has 0 fully saturated rings. The van der Waals surface area contributed by atoms with Gasteiger partial charge in [0.05, 0.1) is 18.4 Å². The molecular weight excluding hydrogens is 305 g/mol. The van der Waals surface area contributed by atoms with Gasteiger partial charge in [0.1, 0.15) is 4.88 Å². The summed E-state index contributed by atoms with van der Waals surface area (Å²) in [5, 5.41) is 3.26. The Hall–Kier alpha value is -2.09. The maximum atomic E-state index is 12.4. The van der Waals surface area contributed by atoms with Crippen molar-refractivity contribution in [2.75, 3.05) is 12.4 Å². The maximum Gasteiger partial charge on any atom is 0.416 e. The van der Waals surface area contributed by atoms with Gasteiger partial charge in [-0.15, -0.1) is 0 Å². The molecule has 0 atom stereocenters. The number of anilines is 2. The minimum atomic E-state index is -4.37. The molecule has 0 radical (unpaired) electrons. The monoisotopic (exact) mass is 316 g/mol. The van der Waals surface area contributed by atoms with Gasteiger partial charge in [-0.3, -0.25) is 0 Å². The zero-order valence-corrected chi connectivity index (χ0v) is 11.9. The van der Waals surface area contributed by atoms with Crippen LogP contribution in [0.3, 0.4) is 0 Å². The van der Waals surface area contributed by atoms with Gasteiger partial charge >= 0.3 is 12.1 Å². The van der Waals surface area contributed by atoms with Crippen LogP contribution in [0, 0.1) is 6.92 Å². The van der Waals surface area contributed by atoms with Crippen LogP contribution in [0.1, 0.15) is 20.9 Å². The third kappa shape index (κ3) is 3.52. The largest absolute Gasteiger partial charge is 0.465 e. The molecular formula is C13H11F3N2O2S. The highest BCUT2D eigenvalue weighted by molar-refractivity contribution is 7.17. The number of benzene rings is 1. The van der Waals surface area contributed by atoms with Crippen LogP contribution in [0.25, 0.3) is 0 Å². The van der Waals surface area contributed by atoms with Crippen LogP contribution in [0.2, 0.25) is 0 Å². The first-order valence-corrected chi connectivity index (χ1v) is 6.63. The predicted molar refractivity (Wildman–Crippen MR) is 72.9 cm³/mol. The van der Waals surface area contributed by atoms with Crippen molar-refractivity contribution >= 4 is 28.1 Å². The minimum absolute atomic E-state index is 0.354. The Bertz CT molecular complexity index is 650. The molecule has 21 heavy (non-hydrogen) atoms. The first kappa shape index (κ1) is 15.3. The molecule has 0 saturated carbocycles. The number of carbonyl (C=O) groups excluding carboxylic acids is 1. The molecule has 112 valence electrons. The van der Waals surface area contributed by atoms with E-state index in [0.29, 0.717) is 21.4 Å². The van der Waals surface area contributed by atoms with E-state index >= 15 is 0 Å². The van der Waals surface area contributed by atoms with Crippen molar-refractivity contribution in [2.24, 2.45) is 0 Å². The number of halogens is 3. The Labute approximate surface area is 122 Å². The number of hydrogen-bond donors (Lipinski definition) is 1. The molecule has 0 spiro atoms. The van der Waals surface area contributed by atoms with Crippen LogP contribution >= 0.6 is 11.3 Å². The molecule has 0 aliphatic heterocycles. The fourth-order valence-electron chi connectivity index (χ4n) is 1.60. The molecule has 0 amide bonds. The van der Waals surface area contributed by atoms with E-state index in [9.17, 15) is 18.0 Å². The third-order valence-electron chi connectivity index (χ3n) is 2.63. The maximum absolute atomic E-state index is 12.4. The van der Waals surface area contributed by atoms with E-state index in [4.69, 9.17) is 0 Å². The number of rotatable bonds is 3. The lowest BCUT2D eigenvalue weighted by Crippen LogP contribution is -2.04. The first-order valence-electron chi connectivity index (χ1n) is 5.81. The highest BCUT2D eigenvalue weighted by Gasteiger charge is 2.30. The molecule has 2 aromatic rings. The lowest BCUT2D eigenvalue weighted by atomic mass is 10.2. The number of aromatic nitrogens is 1. The van der Waals surface area contributed by atoms with E-state index in [1.165, 1.54) is 19.2 Å². The van der Waals surface area contributed by atoms with Gasteiger partial charge in [-0.2, -0.15) is 13.2 Å². The van der Waals surface area contributed by atoms with Crippen molar-refractivity contribution in [1.29, 1.82) is 0 Å². The molecule has 0 aliphatic carbocycles. The standard InChI is InChI=1S/C13H11F3N2O2S/c1-7-10(11(19)20-2)21-12(17-7)18-9-5-3-8(4-6-9)13(14,15)16/h3-6H,1-2H3,(H,17,18). The zero-order valence-electron chi connectivity index (χ0n) is 11.1. The van der Waals surface area contributed by atoms with Crippen molar-refractivity contribution < 1.29 is 22.7 Å². The van der Waals surface area contributed by atoms with E-state index in [1.54, 1.807) is 6.92 Å². The van der Waals surface area contributed by atoms with Crippen molar-refractivity contribution in [2.45, 2.75) is 13.1 Å². The summed E-state index contributed by atoms with van der Waals surface area (Å²) >= 11 is 1.08. The van der Waals surface area contributed by atoms with Gasteiger partial charge in [-0.1, -0.05) is 11.3 Å². The van der Waals surface area contributed by atoms with Crippen LogP contribution < -0.4 is 5.32 Å².